The van der Waals surface area contributed by atoms with Crippen LogP contribution < -0.4 is 5.32 Å². The minimum atomic E-state index is -0.985. The number of carboxylic acid groups (broad SMARTS) is 1. The molecule has 1 aromatic heterocycles. The van der Waals surface area contributed by atoms with Gasteiger partial charge in [0.05, 0.1) is 6.54 Å². The van der Waals surface area contributed by atoms with Crippen LogP contribution >= 0.6 is 11.3 Å². The molecule has 0 saturated heterocycles. The standard InChI is InChI=1S/C12H17N3O3S/c1-8-4-13-10(19-8)5-14-12(18)15(7-11(16)17)6-9-2-3-9/h4,9H,2-3,5-7H2,1H3,(H,14,18)(H,16,17). The highest BCUT2D eigenvalue weighted by Crippen LogP contribution is 2.29. The Morgan fingerprint density at radius 3 is 2.84 bits per heavy atom. The van der Waals surface area contributed by atoms with Crippen LogP contribution in [0.1, 0.15) is 22.7 Å². The lowest BCUT2D eigenvalue weighted by Gasteiger charge is -2.20. The first-order chi connectivity index (χ1) is 9.04. The molecule has 0 aromatic carbocycles. The molecular weight excluding hydrogens is 266 g/mol. The molecule has 0 radical (unpaired) electrons. The number of carboxylic acids is 1. The maximum Gasteiger partial charge on any atom is 0.323 e. The Bertz CT molecular complexity index is 471. The van der Waals surface area contributed by atoms with E-state index in [0.717, 1.165) is 22.7 Å². The van der Waals surface area contributed by atoms with Gasteiger partial charge in [-0.15, -0.1) is 11.3 Å². The number of urea groups is 1. The molecular formula is C12H17N3O3S. The van der Waals surface area contributed by atoms with Crippen LogP contribution in [0.25, 0.3) is 0 Å². The number of aryl methyl sites for hydroxylation is 1. The Labute approximate surface area is 115 Å². The molecule has 1 aliphatic carbocycles. The Balaban J connectivity index is 1.85. The van der Waals surface area contributed by atoms with E-state index in [1.807, 2.05) is 6.92 Å². The molecule has 7 heteroatoms. The van der Waals surface area contributed by atoms with Crippen LogP contribution in [0.3, 0.4) is 0 Å². The molecule has 0 unspecified atom stereocenters. The van der Waals surface area contributed by atoms with E-state index in [9.17, 15) is 9.59 Å². The maximum atomic E-state index is 12.0. The fraction of sp³-hybridized carbons (Fsp3) is 0.583. The summed E-state index contributed by atoms with van der Waals surface area (Å²) in [6.45, 7) is 2.57. The van der Waals surface area contributed by atoms with Gasteiger partial charge in [-0.3, -0.25) is 4.79 Å². The van der Waals surface area contributed by atoms with Crippen molar-refractivity contribution in [3.8, 4) is 0 Å². The van der Waals surface area contributed by atoms with Gasteiger partial charge in [0.1, 0.15) is 11.6 Å². The zero-order chi connectivity index (χ0) is 13.8. The molecule has 104 valence electrons. The highest BCUT2D eigenvalue weighted by atomic mass is 32.1. The number of carbonyl (C=O) groups excluding carboxylic acids is 1. The smallest absolute Gasteiger partial charge is 0.323 e. The second kappa shape index (κ2) is 6.01. The summed E-state index contributed by atoms with van der Waals surface area (Å²) < 4.78 is 0. The van der Waals surface area contributed by atoms with Gasteiger partial charge in [0, 0.05) is 17.6 Å². The van der Waals surface area contributed by atoms with Crippen molar-refractivity contribution in [2.24, 2.45) is 5.92 Å². The van der Waals surface area contributed by atoms with E-state index in [1.54, 1.807) is 6.20 Å². The third-order valence-corrected chi connectivity index (χ3v) is 3.76. The summed E-state index contributed by atoms with van der Waals surface area (Å²) >= 11 is 1.52. The topological polar surface area (TPSA) is 82.5 Å². The van der Waals surface area contributed by atoms with E-state index in [1.165, 1.54) is 16.2 Å². The fourth-order valence-electron chi connectivity index (χ4n) is 1.74. The molecule has 0 aliphatic heterocycles. The Morgan fingerprint density at radius 2 is 2.32 bits per heavy atom. The summed E-state index contributed by atoms with van der Waals surface area (Å²) in [4.78, 5) is 29.3. The number of nitrogens with zero attached hydrogens (tertiary/aromatic N) is 2. The summed E-state index contributed by atoms with van der Waals surface area (Å²) in [5, 5.41) is 12.4. The average Bonchev–Trinajstić information content (AvgIpc) is 3.06. The molecule has 0 atom stereocenters. The van der Waals surface area contributed by atoms with Gasteiger partial charge in [-0.2, -0.15) is 0 Å². The van der Waals surface area contributed by atoms with Crippen molar-refractivity contribution in [3.05, 3.63) is 16.1 Å². The summed E-state index contributed by atoms with van der Waals surface area (Å²) in [5.41, 5.74) is 0. The number of thiazole rings is 1. The first kappa shape index (κ1) is 13.8. The number of carbonyl (C=O) groups is 2. The van der Waals surface area contributed by atoms with Crippen molar-refractivity contribution in [3.63, 3.8) is 0 Å². The van der Waals surface area contributed by atoms with Crippen molar-refractivity contribution in [2.75, 3.05) is 13.1 Å². The van der Waals surface area contributed by atoms with E-state index in [0.29, 0.717) is 19.0 Å². The van der Waals surface area contributed by atoms with Crippen LogP contribution in [0.2, 0.25) is 0 Å². The Hall–Kier alpha value is -1.63. The predicted molar refractivity (Wildman–Crippen MR) is 71.0 cm³/mol. The van der Waals surface area contributed by atoms with Crippen LogP contribution in [0.5, 0.6) is 0 Å². The monoisotopic (exact) mass is 283 g/mol. The van der Waals surface area contributed by atoms with Gasteiger partial charge >= 0.3 is 12.0 Å². The number of rotatable bonds is 6. The van der Waals surface area contributed by atoms with Gasteiger partial charge in [-0.1, -0.05) is 0 Å². The first-order valence-electron chi connectivity index (χ1n) is 6.20. The molecule has 2 rings (SSSR count). The average molecular weight is 283 g/mol. The number of aliphatic carboxylic acids is 1. The van der Waals surface area contributed by atoms with Crippen molar-refractivity contribution in [1.29, 1.82) is 0 Å². The van der Waals surface area contributed by atoms with Crippen LogP contribution in [-0.2, 0) is 11.3 Å². The van der Waals surface area contributed by atoms with Gasteiger partial charge in [0.25, 0.3) is 0 Å². The van der Waals surface area contributed by atoms with Crippen LogP contribution in [0.4, 0.5) is 4.79 Å². The summed E-state index contributed by atoms with van der Waals surface area (Å²) in [7, 11) is 0. The number of hydrogen-bond acceptors (Lipinski definition) is 4. The minimum Gasteiger partial charge on any atom is -0.480 e. The Kier molecular flexibility index (Phi) is 4.36. The third-order valence-electron chi connectivity index (χ3n) is 2.85. The molecule has 1 saturated carbocycles. The number of nitrogens with one attached hydrogen (secondary N) is 1. The van der Waals surface area contributed by atoms with E-state index >= 15 is 0 Å². The maximum absolute atomic E-state index is 12.0. The summed E-state index contributed by atoms with van der Waals surface area (Å²) in [6, 6.07) is -0.331. The highest BCUT2D eigenvalue weighted by molar-refractivity contribution is 7.11. The van der Waals surface area contributed by atoms with Crippen LogP contribution in [0, 0.1) is 12.8 Å². The molecule has 1 heterocycles. The van der Waals surface area contributed by atoms with Crippen LogP contribution in [-0.4, -0.2) is 40.1 Å². The number of hydrogen-bond donors (Lipinski definition) is 2. The number of aromatic nitrogens is 1. The minimum absolute atomic E-state index is 0.251. The van der Waals surface area contributed by atoms with Crippen molar-refractivity contribution >= 4 is 23.3 Å². The molecule has 2 N–H and O–H groups in total. The molecule has 0 spiro atoms. The fourth-order valence-corrected chi connectivity index (χ4v) is 2.47. The Morgan fingerprint density at radius 1 is 1.58 bits per heavy atom. The normalized spacial score (nSPS) is 14.2. The molecule has 2 amide bonds. The molecule has 1 fully saturated rings. The molecule has 1 aromatic rings. The largest absolute Gasteiger partial charge is 0.480 e. The van der Waals surface area contributed by atoms with Gasteiger partial charge in [-0.05, 0) is 25.7 Å². The predicted octanol–water partition coefficient (Wildman–Crippen LogP) is 1.46. The van der Waals surface area contributed by atoms with Gasteiger partial charge in [0.2, 0.25) is 0 Å². The SMILES string of the molecule is Cc1cnc(CNC(=O)N(CC(=O)O)CC2CC2)s1. The summed E-state index contributed by atoms with van der Waals surface area (Å²) in [6.07, 6.45) is 3.91. The first-order valence-corrected chi connectivity index (χ1v) is 7.02. The number of amides is 2. The lowest BCUT2D eigenvalue weighted by Crippen LogP contribution is -2.43. The van der Waals surface area contributed by atoms with Gasteiger partial charge in [-0.25, -0.2) is 9.78 Å². The highest BCUT2D eigenvalue weighted by Gasteiger charge is 2.27. The quantitative estimate of drug-likeness (QED) is 0.828. The van der Waals surface area contributed by atoms with Crippen molar-refractivity contribution < 1.29 is 14.7 Å². The van der Waals surface area contributed by atoms with Crippen molar-refractivity contribution in [1.82, 2.24) is 15.2 Å². The molecule has 19 heavy (non-hydrogen) atoms. The lowest BCUT2D eigenvalue weighted by atomic mass is 10.3. The third kappa shape index (κ3) is 4.51. The zero-order valence-corrected chi connectivity index (χ0v) is 11.6. The molecule has 1 aliphatic rings. The molecule has 6 nitrogen and oxygen atoms in total. The van der Waals surface area contributed by atoms with Crippen molar-refractivity contribution in [2.45, 2.75) is 26.3 Å². The van der Waals surface area contributed by atoms with E-state index in [2.05, 4.69) is 10.3 Å². The van der Waals surface area contributed by atoms with Gasteiger partial charge < -0.3 is 15.3 Å². The van der Waals surface area contributed by atoms with E-state index in [-0.39, 0.29) is 12.6 Å². The van der Waals surface area contributed by atoms with E-state index in [4.69, 9.17) is 5.11 Å². The zero-order valence-electron chi connectivity index (χ0n) is 10.8. The lowest BCUT2D eigenvalue weighted by molar-refractivity contribution is -0.137. The second-order valence-corrected chi connectivity index (χ2v) is 6.06. The van der Waals surface area contributed by atoms with Gasteiger partial charge in [0.15, 0.2) is 0 Å². The van der Waals surface area contributed by atoms with E-state index < -0.39 is 5.97 Å². The molecule has 0 bridgehead atoms. The van der Waals surface area contributed by atoms with Crippen LogP contribution in [0.15, 0.2) is 6.20 Å². The second-order valence-electron chi connectivity index (χ2n) is 4.74. The summed E-state index contributed by atoms with van der Waals surface area (Å²) in [5.74, 6) is -0.520.